The Balaban J connectivity index is 2.64. The number of amidine groups is 1. The van der Waals surface area contributed by atoms with Crippen LogP contribution in [-0.2, 0) is 9.47 Å². The van der Waals surface area contributed by atoms with Gasteiger partial charge in [0.25, 0.3) is 0 Å². The molecule has 14 heavy (non-hydrogen) atoms. The number of hydrazine groups is 1. The molecule has 1 unspecified atom stereocenters. The van der Waals surface area contributed by atoms with Gasteiger partial charge in [0.2, 0.25) is 0 Å². The Morgan fingerprint density at radius 1 is 1.43 bits per heavy atom. The summed E-state index contributed by atoms with van der Waals surface area (Å²) in [7, 11) is 0. The molecule has 0 spiro atoms. The molecule has 5 nitrogen and oxygen atoms in total. The third kappa shape index (κ3) is 3.61. The number of nitrogens with zero attached hydrogens (tertiary/aromatic N) is 1. The van der Waals surface area contributed by atoms with Gasteiger partial charge in [0.15, 0.2) is 0 Å². The van der Waals surface area contributed by atoms with Gasteiger partial charge < -0.3 is 14.9 Å². The van der Waals surface area contributed by atoms with Gasteiger partial charge in [0.1, 0.15) is 11.9 Å². The summed E-state index contributed by atoms with van der Waals surface area (Å²) in [5.74, 6) is 6.04. The van der Waals surface area contributed by atoms with Gasteiger partial charge in [0, 0.05) is 0 Å². The van der Waals surface area contributed by atoms with E-state index < -0.39 is 0 Å². The highest BCUT2D eigenvalue weighted by Gasteiger charge is 2.22. The molecule has 0 aromatic heterocycles. The number of rotatable bonds is 1. The average Bonchev–Trinajstić information content (AvgIpc) is 2.14. The molecule has 1 fully saturated rings. The minimum Gasteiger partial charge on any atom is -0.376 e. The van der Waals surface area contributed by atoms with Crippen LogP contribution in [-0.4, -0.2) is 37.3 Å². The van der Waals surface area contributed by atoms with Crippen LogP contribution in [0.5, 0.6) is 0 Å². The average molecular weight is 201 g/mol. The zero-order valence-electron chi connectivity index (χ0n) is 9.04. The summed E-state index contributed by atoms with van der Waals surface area (Å²) < 4.78 is 10.8. The molecule has 0 bridgehead atoms. The summed E-state index contributed by atoms with van der Waals surface area (Å²) in [6, 6.07) is 0. The maximum absolute atomic E-state index is 5.48. The highest BCUT2D eigenvalue weighted by molar-refractivity contribution is 5.86. The Kier molecular flexibility index (Phi) is 3.86. The van der Waals surface area contributed by atoms with Gasteiger partial charge in [-0.2, -0.15) is 0 Å². The molecule has 1 saturated heterocycles. The Morgan fingerprint density at radius 2 is 2.14 bits per heavy atom. The molecule has 5 heteroatoms. The van der Waals surface area contributed by atoms with Crippen LogP contribution < -0.4 is 11.3 Å². The Bertz CT molecular complexity index is 205. The molecule has 1 heterocycles. The van der Waals surface area contributed by atoms with Gasteiger partial charge in [0.05, 0.1) is 25.4 Å². The molecule has 0 radical (unpaired) electrons. The van der Waals surface area contributed by atoms with Crippen molar-refractivity contribution < 1.29 is 9.47 Å². The zero-order chi connectivity index (χ0) is 10.6. The molecule has 1 atom stereocenters. The fraction of sp³-hybridized carbons (Fsp3) is 0.889. The topological polar surface area (TPSA) is 68.9 Å². The van der Waals surface area contributed by atoms with Crippen molar-refractivity contribution in [1.29, 1.82) is 0 Å². The zero-order valence-corrected chi connectivity index (χ0v) is 9.04. The second kappa shape index (κ2) is 4.72. The molecule has 0 aromatic rings. The normalized spacial score (nSPS) is 24.9. The number of hydrogen-bond donors (Lipinski definition) is 2. The first kappa shape index (κ1) is 11.4. The van der Waals surface area contributed by atoms with Crippen molar-refractivity contribution in [1.82, 2.24) is 5.43 Å². The minimum absolute atomic E-state index is 0.159. The van der Waals surface area contributed by atoms with E-state index in [0.29, 0.717) is 25.7 Å². The van der Waals surface area contributed by atoms with Gasteiger partial charge in [-0.1, -0.05) is 0 Å². The van der Waals surface area contributed by atoms with E-state index in [1.54, 1.807) is 0 Å². The highest BCUT2D eigenvalue weighted by atomic mass is 16.6. The van der Waals surface area contributed by atoms with Crippen LogP contribution in [0.2, 0.25) is 0 Å². The van der Waals surface area contributed by atoms with E-state index in [1.807, 2.05) is 20.8 Å². The van der Waals surface area contributed by atoms with E-state index >= 15 is 0 Å². The Morgan fingerprint density at radius 3 is 2.57 bits per heavy atom. The van der Waals surface area contributed by atoms with Crippen LogP contribution in [0.4, 0.5) is 0 Å². The predicted octanol–water partition coefficient (Wildman–Crippen LogP) is 0.0621. The van der Waals surface area contributed by atoms with E-state index in [4.69, 9.17) is 15.3 Å². The lowest BCUT2D eigenvalue weighted by Gasteiger charge is -2.26. The molecule has 82 valence electrons. The smallest absolute Gasteiger partial charge is 0.143 e. The molecule has 0 saturated carbocycles. The molecule has 0 aromatic carbocycles. The molecular formula is C9H19N3O2. The maximum atomic E-state index is 5.48. The predicted molar refractivity (Wildman–Crippen MR) is 55.1 cm³/mol. The van der Waals surface area contributed by atoms with Crippen molar-refractivity contribution in [2.45, 2.75) is 32.4 Å². The van der Waals surface area contributed by atoms with Gasteiger partial charge in [-0.25, -0.2) is 5.84 Å². The monoisotopic (exact) mass is 201 g/mol. The molecule has 1 rings (SSSR count). The standard InChI is InChI=1S/C9H19N3O2/c1-9(2,3)11-8(12-10)7-6-13-4-5-14-7/h7H,4-6,10H2,1-3H3,(H,11,12). The Labute approximate surface area is 84.6 Å². The van der Waals surface area contributed by atoms with E-state index in [2.05, 4.69) is 10.4 Å². The van der Waals surface area contributed by atoms with Gasteiger partial charge in [-0.3, -0.25) is 4.99 Å². The first-order valence-corrected chi connectivity index (χ1v) is 4.78. The van der Waals surface area contributed by atoms with Gasteiger partial charge >= 0.3 is 0 Å². The fourth-order valence-corrected chi connectivity index (χ4v) is 1.20. The number of nitrogens with one attached hydrogen (secondary N) is 1. The van der Waals surface area contributed by atoms with Crippen molar-refractivity contribution in [2.75, 3.05) is 19.8 Å². The summed E-state index contributed by atoms with van der Waals surface area (Å²) >= 11 is 0. The van der Waals surface area contributed by atoms with E-state index in [0.717, 1.165) is 0 Å². The fourth-order valence-electron chi connectivity index (χ4n) is 1.20. The summed E-state index contributed by atoms with van der Waals surface area (Å²) in [5.41, 5.74) is 2.41. The van der Waals surface area contributed by atoms with Crippen molar-refractivity contribution in [2.24, 2.45) is 10.8 Å². The second-order valence-corrected chi connectivity index (χ2v) is 4.25. The molecular weight excluding hydrogens is 182 g/mol. The quantitative estimate of drug-likeness (QED) is 0.272. The van der Waals surface area contributed by atoms with Crippen LogP contribution in [0.15, 0.2) is 4.99 Å². The van der Waals surface area contributed by atoms with Crippen molar-refractivity contribution >= 4 is 5.84 Å². The first-order chi connectivity index (χ1) is 6.53. The molecule has 1 aliphatic heterocycles. The summed E-state index contributed by atoms with van der Waals surface area (Å²) in [6.45, 7) is 7.77. The van der Waals surface area contributed by atoms with Gasteiger partial charge in [-0.15, -0.1) is 0 Å². The molecule has 0 aliphatic carbocycles. The van der Waals surface area contributed by atoms with Crippen LogP contribution in [0.1, 0.15) is 20.8 Å². The number of hydrogen-bond acceptors (Lipinski definition) is 4. The molecule has 0 amide bonds. The summed E-state index contributed by atoms with van der Waals surface area (Å²) in [4.78, 5) is 4.43. The third-order valence-corrected chi connectivity index (χ3v) is 1.72. The van der Waals surface area contributed by atoms with Crippen LogP contribution >= 0.6 is 0 Å². The van der Waals surface area contributed by atoms with Crippen molar-refractivity contribution in [3.8, 4) is 0 Å². The highest BCUT2D eigenvalue weighted by Crippen LogP contribution is 2.09. The van der Waals surface area contributed by atoms with E-state index in [9.17, 15) is 0 Å². The second-order valence-electron chi connectivity index (χ2n) is 4.25. The SMILES string of the molecule is CC(C)(C)N=C(NN)C1COCCO1. The first-order valence-electron chi connectivity index (χ1n) is 4.78. The largest absolute Gasteiger partial charge is 0.376 e. The third-order valence-electron chi connectivity index (χ3n) is 1.72. The van der Waals surface area contributed by atoms with Crippen LogP contribution in [0.3, 0.4) is 0 Å². The molecule has 1 aliphatic rings. The van der Waals surface area contributed by atoms with E-state index in [-0.39, 0.29) is 11.6 Å². The molecule has 3 N–H and O–H groups in total. The van der Waals surface area contributed by atoms with Crippen molar-refractivity contribution in [3.05, 3.63) is 0 Å². The van der Waals surface area contributed by atoms with E-state index in [1.165, 1.54) is 0 Å². The Hall–Kier alpha value is -0.650. The lowest BCUT2D eigenvalue weighted by Crippen LogP contribution is -2.46. The lowest BCUT2D eigenvalue weighted by atomic mass is 10.1. The van der Waals surface area contributed by atoms with Crippen LogP contribution in [0, 0.1) is 0 Å². The van der Waals surface area contributed by atoms with Crippen molar-refractivity contribution in [3.63, 3.8) is 0 Å². The number of ether oxygens (including phenoxy) is 2. The van der Waals surface area contributed by atoms with Crippen LogP contribution in [0.25, 0.3) is 0 Å². The number of aliphatic imine (C=N–C) groups is 1. The maximum Gasteiger partial charge on any atom is 0.143 e. The minimum atomic E-state index is -0.164. The van der Waals surface area contributed by atoms with Gasteiger partial charge in [-0.05, 0) is 20.8 Å². The summed E-state index contributed by atoms with van der Waals surface area (Å²) in [6.07, 6.45) is -0.159. The number of nitrogens with two attached hydrogens (primary N) is 1. The summed E-state index contributed by atoms with van der Waals surface area (Å²) in [5, 5.41) is 0. The lowest BCUT2D eigenvalue weighted by molar-refractivity contribution is -0.0607.